The van der Waals surface area contributed by atoms with Crippen molar-refractivity contribution in [3.8, 4) is 11.5 Å². The van der Waals surface area contributed by atoms with E-state index in [-0.39, 0.29) is 5.57 Å². The van der Waals surface area contributed by atoms with Gasteiger partial charge in [-0.3, -0.25) is 0 Å². The number of aliphatic carboxylic acids is 1. The first kappa shape index (κ1) is 15.4. The first-order valence-corrected chi connectivity index (χ1v) is 6.86. The summed E-state index contributed by atoms with van der Waals surface area (Å²) >= 11 is 11.8. The van der Waals surface area contributed by atoms with Crippen molar-refractivity contribution in [2.24, 2.45) is 0 Å². The normalized spacial score (nSPS) is 11.3. The van der Waals surface area contributed by atoms with Gasteiger partial charge in [0.2, 0.25) is 0 Å². The molecule has 0 bridgehead atoms. The molecule has 0 saturated heterocycles. The molecule has 0 aliphatic rings. The molecule has 0 spiro atoms. The van der Waals surface area contributed by atoms with Crippen molar-refractivity contribution in [3.05, 3.63) is 63.6 Å². The highest BCUT2D eigenvalue weighted by Gasteiger charge is 2.04. The zero-order valence-corrected chi connectivity index (χ0v) is 12.7. The van der Waals surface area contributed by atoms with E-state index in [0.717, 1.165) is 5.56 Å². The fourth-order valence-corrected chi connectivity index (χ4v) is 1.94. The second-order valence-electron chi connectivity index (χ2n) is 4.38. The minimum atomic E-state index is -0.953. The average Bonchev–Trinajstić information content (AvgIpc) is 2.43. The summed E-state index contributed by atoms with van der Waals surface area (Å²) in [4.78, 5) is 10.8. The second kappa shape index (κ2) is 6.66. The molecule has 0 atom stereocenters. The Labute approximate surface area is 132 Å². The van der Waals surface area contributed by atoms with E-state index >= 15 is 0 Å². The molecule has 3 nitrogen and oxygen atoms in total. The van der Waals surface area contributed by atoms with Crippen LogP contribution in [0, 0.1) is 0 Å². The van der Waals surface area contributed by atoms with Gasteiger partial charge < -0.3 is 9.84 Å². The van der Waals surface area contributed by atoms with Crippen LogP contribution in [-0.2, 0) is 4.79 Å². The highest BCUT2D eigenvalue weighted by molar-refractivity contribution is 6.42. The minimum Gasteiger partial charge on any atom is -0.478 e. The number of ether oxygens (including phenoxy) is 1. The van der Waals surface area contributed by atoms with E-state index in [1.54, 1.807) is 48.5 Å². The zero-order valence-electron chi connectivity index (χ0n) is 11.1. The monoisotopic (exact) mass is 322 g/mol. The Kier molecular flexibility index (Phi) is 4.89. The van der Waals surface area contributed by atoms with E-state index in [0.29, 0.717) is 21.5 Å². The van der Waals surface area contributed by atoms with E-state index in [4.69, 9.17) is 33.0 Å². The van der Waals surface area contributed by atoms with Crippen molar-refractivity contribution >= 4 is 35.2 Å². The predicted molar refractivity (Wildman–Crippen MR) is 84.3 cm³/mol. The second-order valence-corrected chi connectivity index (χ2v) is 5.20. The molecule has 0 radical (unpaired) electrons. The van der Waals surface area contributed by atoms with Gasteiger partial charge in [0.25, 0.3) is 0 Å². The summed E-state index contributed by atoms with van der Waals surface area (Å²) in [7, 11) is 0. The first-order chi connectivity index (χ1) is 9.95. The Morgan fingerprint density at radius 2 is 1.81 bits per heavy atom. The number of carbonyl (C=O) groups is 1. The summed E-state index contributed by atoms with van der Waals surface area (Å²) < 4.78 is 5.68. The van der Waals surface area contributed by atoms with Crippen LogP contribution in [0.1, 0.15) is 12.5 Å². The van der Waals surface area contributed by atoms with Crippen LogP contribution in [-0.4, -0.2) is 11.1 Å². The maximum Gasteiger partial charge on any atom is 0.331 e. The van der Waals surface area contributed by atoms with Gasteiger partial charge >= 0.3 is 5.97 Å². The SMILES string of the molecule is C/C(=C\c1cccc(Oc2ccc(Cl)c(Cl)c2)c1)C(=O)O. The molecule has 2 rings (SSSR count). The molecule has 108 valence electrons. The van der Waals surface area contributed by atoms with Crippen LogP contribution >= 0.6 is 23.2 Å². The first-order valence-electron chi connectivity index (χ1n) is 6.10. The summed E-state index contributed by atoms with van der Waals surface area (Å²) in [6.07, 6.45) is 1.57. The summed E-state index contributed by atoms with van der Waals surface area (Å²) in [6, 6.07) is 12.1. The maximum atomic E-state index is 10.8. The molecule has 2 aromatic rings. The number of halogens is 2. The summed E-state index contributed by atoms with van der Waals surface area (Å²) in [5.41, 5.74) is 0.995. The van der Waals surface area contributed by atoms with Crippen LogP contribution in [0.4, 0.5) is 0 Å². The van der Waals surface area contributed by atoms with E-state index in [9.17, 15) is 4.79 Å². The molecule has 5 heteroatoms. The summed E-state index contributed by atoms with van der Waals surface area (Å²) in [6.45, 7) is 1.54. The molecule has 2 aromatic carbocycles. The molecule has 21 heavy (non-hydrogen) atoms. The Hall–Kier alpha value is -1.97. The Bertz CT molecular complexity index is 708. The summed E-state index contributed by atoms with van der Waals surface area (Å²) in [5, 5.41) is 9.74. The molecule has 0 fully saturated rings. The third kappa shape index (κ3) is 4.25. The molecule has 0 aliphatic carbocycles. The third-order valence-electron chi connectivity index (χ3n) is 2.71. The lowest BCUT2D eigenvalue weighted by Crippen LogP contribution is -1.95. The fourth-order valence-electron chi connectivity index (χ4n) is 1.66. The lowest BCUT2D eigenvalue weighted by molar-refractivity contribution is -0.132. The van der Waals surface area contributed by atoms with Gasteiger partial charge in [0, 0.05) is 11.6 Å². The van der Waals surface area contributed by atoms with Crippen LogP contribution in [0.3, 0.4) is 0 Å². The fraction of sp³-hybridized carbons (Fsp3) is 0.0625. The van der Waals surface area contributed by atoms with Crippen LogP contribution in [0.5, 0.6) is 11.5 Å². The van der Waals surface area contributed by atoms with E-state index < -0.39 is 5.97 Å². The highest BCUT2D eigenvalue weighted by Crippen LogP contribution is 2.29. The van der Waals surface area contributed by atoms with Gasteiger partial charge in [-0.2, -0.15) is 0 Å². The highest BCUT2D eigenvalue weighted by atomic mass is 35.5. The van der Waals surface area contributed by atoms with Gasteiger partial charge in [-0.1, -0.05) is 35.3 Å². The van der Waals surface area contributed by atoms with Gasteiger partial charge in [-0.15, -0.1) is 0 Å². The number of carboxylic acids is 1. The standard InChI is InChI=1S/C16H12Cl2O3/c1-10(16(19)20)7-11-3-2-4-12(8-11)21-13-5-6-14(17)15(18)9-13/h2-9H,1H3,(H,19,20)/b10-7+. The van der Waals surface area contributed by atoms with Crippen LogP contribution in [0.2, 0.25) is 10.0 Å². The van der Waals surface area contributed by atoms with Gasteiger partial charge in [0.05, 0.1) is 10.0 Å². The van der Waals surface area contributed by atoms with Crippen molar-refractivity contribution in [1.82, 2.24) is 0 Å². The van der Waals surface area contributed by atoms with Crippen LogP contribution in [0.15, 0.2) is 48.0 Å². The van der Waals surface area contributed by atoms with Crippen molar-refractivity contribution in [1.29, 1.82) is 0 Å². The number of carboxylic acid groups (broad SMARTS) is 1. The van der Waals surface area contributed by atoms with Crippen LogP contribution < -0.4 is 4.74 Å². The Morgan fingerprint density at radius 1 is 1.10 bits per heavy atom. The molecule has 1 N–H and O–H groups in total. The quantitative estimate of drug-likeness (QED) is 0.779. The molecular weight excluding hydrogens is 311 g/mol. The predicted octanol–water partition coefficient (Wildman–Crippen LogP) is 5.27. The lowest BCUT2D eigenvalue weighted by Gasteiger charge is -2.07. The topological polar surface area (TPSA) is 46.5 Å². The number of rotatable bonds is 4. The summed E-state index contributed by atoms with van der Waals surface area (Å²) in [5.74, 6) is 0.187. The molecular formula is C16H12Cl2O3. The average molecular weight is 323 g/mol. The zero-order chi connectivity index (χ0) is 15.4. The van der Waals surface area contributed by atoms with Crippen molar-refractivity contribution in [3.63, 3.8) is 0 Å². The molecule has 0 heterocycles. The number of hydrogen-bond acceptors (Lipinski definition) is 2. The van der Waals surface area contributed by atoms with Gasteiger partial charge in [-0.25, -0.2) is 4.79 Å². The van der Waals surface area contributed by atoms with Crippen LogP contribution in [0.25, 0.3) is 6.08 Å². The molecule has 0 amide bonds. The van der Waals surface area contributed by atoms with E-state index in [1.165, 1.54) is 6.92 Å². The van der Waals surface area contributed by atoms with Gasteiger partial charge in [0.1, 0.15) is 11.5 Å². The van der Waals surface area contributed by atoms with Gasteiger partial charge in [-0.05, 0) is 42.8 Å². The number of benzene rings is 2. The molecule has 0 aromatic heterocycles. The largest absolute Gasteiger partial charge is 0.478 e. The minimum absolute atomic E-state index is 0.252. The van der Waals surface area contributed by atoms with Gasteiger partial charge in [0.15, 0.2) is 0 Å². The smallest absolute Gasteiger partial charge is 0.331 e. The lowest BCUT2D eigenvalue weighted by atomic mass is 10.1. The molecule has 0 unspecified atom stereocenters. The van der Waals surface area contributed by atoms with E-state index in [2.05, 4.69) is 0 Å². The Balaban J connectivity index is 2.23. The van der Waals surface area contributed by atoms with Crippen molar-refractivity contribution in [2.45, 2.75) is 6.92 Å². The van der Waals surface area contributed by atoms with Crippen molar-refractivity contribution in [2.75, 3.05) is 0 Å². The maximum absolute atomic E-state index is 10.8. The molecule has 0 aliphatic heterocycles. The Morgan fingerprint density at radius 3 is 2.48 bits per heavy atom. The van der Waals surface area contributed by atoms with Crippen molar-refractivity contribution < 1.29 is 14.6 Å². The van der Waals surface area contributed by atoms with E-state index in [1.807, 2.05) is 0 Å². The number of hydrogen-bond donors (Lipinski definition) is 1. The third-order valence-corrected chi connectivity index (χ3v) is 3.44. The molecule has 0 saturated carbocycles.